The zero-order valence-electron chi connectivity index (χ0n) is 23.0. The van der Waals surface area contributed by atoms with Gasteiger partial charge in [-0.05, 0) is 61.9 Å². The van der Waals surface area contributed by atoms with Crippen LogP contribution in [0.4, 0.5) is 5.69 Å². The lowest BCUT2D eigenvalue weighted by molar-refractivity contribution is -0.154. The Labute approximate surface area is 240 Å². The highest BCUT2D eigenvalue weighted by Gasteiger charge is 2.74. The van der Waals surface area contributed by atoms with Gasteiger partial charge in [-0.3, -0.25) is 14.4 Å². The van der Waals surface area contributed by atoms with E-state index < -0.39 is 28.7 Å². The molecule has 3 fully saturated rings. The SMILES string of the molecule is C=CCCCCOC(=O)[C@@H]1[C@@H]2CCC3(S2)C(C(=O)N(CC=C)c2ccc4ccccc4c2)N([C@H](C)CO)C(=O)[C@H]13. The molecule has 6 atom stereocenters. The molecule has 7 nitrogen and oxygen atoms in total. The van der Waals surface area contributed by atoms with E-state index in [0.29, 0.717) is 13.0 Å². The molecule has 0 saturated carbocycles. The number of benzene rings is 2. The third kappa shape index (κ3) is 4.75. The van der Waals surface area contributed by atoms with Gasteiger partial charge < -0.3 is 19.6 Å². The highest BCUT2D eigenvalue weighted by molar-refractivity contribution is 8.02. The summed E-state index contributed by atoms with van der Waals surface area (Å²) in [6.07, 6.45) is 7.42. The number of thioether (sulfide) groups is 1. The van der Waals surface area contributed by atoms with Crippen molar-refractivity contribution in [3.05, 3.63) is 67.8 Å². The molecule has 40 heavy (non-hydrogen) atoms. The van der Waals surface area contributed by atoms with Gasteiger partial charge >= 0.3 is 5.97 Å². The number of hydrogen-bond acceptors (Lipinski definition) is 6. The van der Waals surface area contributed by atoms with Crippen molar-refractivity contribution >= 4 is 46.0 Å². The molecule has 2 aromatic rings. The first-order valence-corrected chi connectivity index (χ1v) is 15.1. The van der Waals surface area contributed by atoms with Crippen LogP contribution in [0.15, 0.2) is 67.8 Å². The van der Waals surface area contributed by atoms with Crippen LogP contribution in [-0.2, 0) is 19.1 Å². The number of fused-ring (bicyclic) bond motifs is 2. The number of anilines is 1. The second-order valence-electron chi connectivity index (χ2n) is 11.1. The minimum atomic E-state index is -0.807. The normalized spacial score (nSPS) is 27.4. The molecule has 3 saturated heterocycles. The second kappa shape index (κ2) is 11.8. The number of hydrogen-bond donors (Lipinski definition) is 1. The minimum Gasteiger partial charge on any atom is -0.465 e. The number of rotatable bonds is 12. The maximum Gasteiger partial charge on any atom is 0.310 e. The highest BCUT2D eigenvalue weighted by atomic mass is 32.2. The number of nitrogens with zero attached hydrogens (tertiary/aromatic N) is 2. The number of aliphatic hydroxyl groups is 1. The van der Waals surface area contributed by atoms with E-state index in [0.717, 1.165) is 42.1 Å². The summed E-state index contributed by atoms with van der Waals surface area (Å²) < 4.78 is 4.93. The van der Waals surface area contributed by atoms with Crippen molar-refractivity contribution in [3.63, 3.8) is 0 Å². The Hall–Kier alpha value is -3.10. The summed E-state index contributed by atoms with van der Waals surface area (Å²) in [6.45, 7) is 9.68. The Bertz CT molecular complexity index is 1310. The fourth-order valence-corrected chi connectivity index (χ4v) is 8.99. The van der Waals surface area contributed by atoms with Crippen molar-refractivity contribution < 1.29 is 24.2 Å². The number of likely N-dealkylation sites (tertiary alicyclic amines) is 1. The number of aliphatic hydroxyl groups excluding tert-OH is 1. The van der Waals surface area contributed by atoms with Crippen molar-refractivity contribution in [1.29, 1.82) is 0 Å². The molecule has 3 heterocycles. The minimum absolute atomic E-state index is 0.0648. The summed E-state index contributed by atoms with van der Waals surface area (Å²) >= 11 is 1.61. The predicted octanol–water partition coefficient (Wildman–Crippen LogP) is 4.73. The molecule has 1 spiro atoms. The predicted molar refractivity (Wildman–Crippen MR) is 159 cm³/mol. The largest absolute Gasteiger partial charge is 0.465 e. The molecular weight excluding hydrogens is 524 g/mol. The quantitative estimate of drug-likeness (QED) is 0.229. The van der Waals surface area contributed by atoms with Crippen LogP contribution in [0.2, 0.25) is 0 Å². The first kappa shape index (κ1) is 28.4. The van der Waals surface area contributed by atoms with Crippen molar-refractivity contribution in [2.45, 2.75) is 61.1 Å². The van der Waals surface area contributed by atoms with Gasteiger partial charge in [0.2, 0.25) is 5.91 Å². The van der Waals surface area contributed by atoms with Gasteiger partial charge in [0.1, 0.15) is 6.04 Å². The maximum atomic E-state index is 14.6. The standard InChI is InChI=1S/C32H38N2O5S/c1-4-6-7-10-18-39-31(38)26-25-15-16-32(40-25)27(26)29(36)34(21(3)20-35)28(32)30(37)33(17-5-2)24-14-13-22-11-8-9-12-23(22)19-24/h4-5,8-9,11-14,19,21,25-28,35H,1-2,6-7,10,15-18,20H2,3H3/t21-,25+,26-,27+,28?,32?/m1/s1. The molecule has 0 radical (unpaired) electrons. The molecule has 5 rings (SSSR count). The topological polar surface area (TPSA) is 87.2 Å². The Morgan fingerprint density at radius 3 is 2.70 bits per heavy atom. The van der Waals surface area contributed by atoms with Gasteiger partial charge in [0.25, 0.3) is 5.91 Å². The van der Waals surface area contributed by atoms with Crippen LogP contribution < -0.4 is 4.90 Å². The Morgan fingerprint density at radius 1 is 1.20 bits per heavy atom. The summed E-state index contributed by atoms with van der Waals surface area (Å²) in [4.78, 5) is 45.3. The Morgan fingerprint density at radius 2 is 1.98 bits per heavy atom. The number of amides is 2. The first-order valence-electron chi connectivity index (χ1n) is 14.2. The van der Waals surface area contributed by atoms with E-state index in [9.17, 15) is 19.5 Å². The second-order valence-corrected chi connectivity index (χ2v) is 12.7. The van der Waals surface area contributed by atoms with E-state index >= 15 is 0 Å². The smallest absolute Gasteiger partial charge is 0.310 e. The fourth-order valence-electron chi connectivity index (χ4n) is 6.80. The van der Waals surface area contributed by atoms with Crippen molar-refractivity contribution in [2.24, 2.45) is 11.8 Å². The van der Waals surface area contributed by atoms with Crippen molar-refractivity contribution in [1.82, 2.24) is 4.90 Å². The lowest BCUT2D eigenvalue weighted by atomic mass is 9.71. The monoisotopic (exact) mass is 562 g/mol. The number of unbranched alkanes of at least 4 members (excludes halogenated alkanes) is 2. The summed E-state index contributed by atoms with van der Waals surface area (Å²) in [7, 11) is 0. The zero-order valence-corrected chi connectivity index (χ0v) is 23.9. The van der Waals surface area contributed by atoms with E-state index in [-0.39, 0.29) is 36.2 Å². The average molecular weight is 563 g/mol. The van der Waals surface area contributed by atoms with E-state index in [1.807, 2.05) is 48.5 Å². The fraction of sp³-hybridized carbons (Fsp3) is 0.469. The zero-order chi connectivity index (χ0) is 28.4. The summed E-state index contributed by atoms with van der Waals surface area (Å²) in [5, 5.41) is 12.2. The molecule has 0 aliphatic carbocycles. The molecule has 2 unspecified atom stereocenters. The van der Waals surface area contributed by atoms with Gasteiger partial charge in [-0.2, -0.15) is 0 Å². The molecule has 2 amide bonds. The molecule has 1 N–H and O–H groups in total. The van der Waals surface area contributed by atoms with Crippen LogP contribution in [0.5, 0.6) is 0 Å². The molecule has 3 aliphatic rings. The van der Waals surface area contributed by atoms with E-state index in [1.54, 1.807) is 34.6 Å². The molecule has 212 valence electrons. The third-order valence-electron chi connectivity index (χ3n) is 8.65. The van der Waals surface area contributed by atoms with Gasteiger partial charge in [-0.15, -0.1) is 24.9 Å². The molecular formula is C32H38N2O5S. The first-order chi connectivity index (χ1) is 19.4. The van der Waals surface area contributed by atoms with Gasteiger partial charge in [-0.1, -0.05) is 42.5 Å². The van der Waals surface area contributed by atoms with Gasteiger partial charge in [0.15, 0.2) is 0 Å². The molecule has 8 heteroatoms. The van der Waals surface area contributed by atoms with Crippen LogP contribution in [0, 0.1) is 11.8 Å². The van der Waals surface area contributed by atoms with Crippen molar-refractivity contribution in [2.75, 3.05) is 24.7 Å². The third-order valence-corrected chi connectivity index (χ3v) is 10.6. The van der Waals surface area contributed by atoms with Crippen LogP contribution in [0.25, 0.3) is 10.8 Å². The van der Waals surface area contributed by atoms with Gasteiger partial charge in [0.05, 0.1) is 35.8 Å². The highest BCUT2D eigenvalue weighted by Crippen LogP contribution is 2.67. The lowest BCUT2D eigenvalue weighted by Crippen LogP contribution is -2.57. The molecule has 3 aliphatic heterocycles. The summed E-state index contributed by atoms with van der Waals surface area (Å²) in [6, 6.07) is 12.5. The van der Waals surface area contributed by atoms with Crippen LogP contribution in [-0.4, -0.2) is 69.6 Å². The van der Waals surface area contributed by atoms with Crippen LogP contribution >= 0.6 is 11.8 Å². The van der Waals surface area contributed by atoms with Crippen molar-refractivity contribution in [3.8, 4) is 0 Å². The van der Waals surface area contributed by atoms with Gasteiger partial charge in [-0.25, -0.2) is 0 Å². The van der Waals surface area contributed by atoms with E-state index in [4.69, 9.17) is 4.74 Å². The lowest BCUT2D eigenvalue weighted by Gasteiger charge is -2.38. The van der Waals surface area contributed by atoms with Gasteiger partial charge in [0, 0.05) is 17.5 Å². The average Bonchev–Trinajstić information content (AvgIpc) is 3.62. The number of esters is 1. The molecule has 2 aromatic carbocycles. The number of ether oxygens (including phenoxy) is 1. The van der Waals surface area contributed by atoms with E-state index in [1.165, 1.54) is 0 Å². The number of carbonyl (C=O) groups is 3. The molecule has 2 bridgehead atoms. The molecule has 0 aromatic heterocycles. The van der Waals surface area contributed by atoms with Crippen LogP contribution in [0.1, 0.15) is 39.0 Å². The number of allylic oxidation sites excluding steroid dienone is 1. The summed E-state index contributed by atoms with van der Waals surface area (Å²) in [5.74, 6) is -2.04. The Kier molecular flexibility index (Phi) is 8.38. The Balaban J connectivity index is 1.48. The van der Waals surface area contributed by atoms with E-state index in [2.05, 4.69) is 13.2 Å². The maximum absolute atomic E-state index is 14.6. The summed E-state index contributed by atoms with van der Waals surface area (Å²) in [5.41, 5.74) is 0.723. The van der Waals surface area contributed by atoms with Crippen LogP contribution in [0.3, 0.4) is 0 Å². The number of carbonyl (C=O) groups excluding carboxylic acids is 3.